The van der Waals surface area contributed by atoms with Crippen molar-refractivity contribution in [2.45, 2.75) is 0 Å². The molecule has 1 heterocycles. The molecule has 0 bridgehead atoms. The number of pyridine rings is 1. The fraction of sp³-hybridized carbons (Fsp3) is 0. The molecular weight excluding hydrogens is 306 g/mol. The average Bonchev–Trinajstić information content (AvgIpc) is 2.37. The SMILES string of the molecule is O=C(NC(=O)c1cc(Cl)nc(Cl)c1)c1cccc(F)c1. The molecule has 0 atom stereocenters. The van der Waals surface area contributed by atoms with E-state index in [0.717, 1.165) is 6.07 Å². The van der Waals surface area contributed by atoms with Crippen LogP contribution in [0.4, 0.5) is 4.39 Å². The molecular formula is C13H7Cl2FN2O2. The zero-order chi connectivity index (χ0) is 14.7. The summed E-state index contributed by atoms with van der Waals surface area (Å²) >= 11 is 11.3. The molecule has 7 heteroatoms. The van der Waals surface area contributed by atoms with Gasteiger partial charge >= 0.3 is 0 Å². The van der Waals surface area contributed by atoms with E-state index < -0.39 is 17.6 Å². The largest absolute Gasteiger partial charge is 0.288 e. The molecule has 102 valence electrons. The molecule has 2 rings (SSSR count). The molecule has 0 saturated heterocycles. The zero-order valence-electron chi connectivity index (χ0n) is 9.86. The highest BCUT2D eigenvalue weighted by molar-refractivity contribution is 6.33. The summed E-state index contributed by atoms with van der Waals surface area (Å²) in [6, 6.07) is 7.51. The van der Waals surface area contributed by atoms with Gasteiger partial charge in [0, 0.05) is 11.1 Å². The summed E-state index contributed by atoms with van der Waals surface area (Å²) in [6.45, 7) is 0. The van der Waals surface area contributed by atoms with Gasteiger partial charge in [0.1, 0.15) is 16.1 Å². The predicted molar refractivity (Wildman–Crippen MR) is 72.5 cm³/mol. The highest BCUT2D eigenvalue weighted by atomic mass is 35.5. The lowest BCUT2D eigenvalue weighted by Gasteiger charge is -2.05. The minimum Gasteiger partial charge on any atom is -0.288 e. The van der Waals surface area contributed by atoms with Crippen LogP contribution in [0.1, 0.15) is 20.7 Å². The highest BCUT2D eigenvalue weighted by Gasteiger charge is 2.14. The van der Waals surface area contributed by atoms with Crippen LogP contribution >= 0.6 is 23.2 Å². The number of nitrogens with one attached hydrogen (secondary N) is 1. The molecule has 0 spiro atoms. The molecule has 0 radical (unpaired) electrons. The van der Waals surface area contributed by atoms with Gasteiger partial charge in [-0.15, -0.1) is 0 Å². The Bertz CT molecular complexity index is 672. The van der Waals surface area contributed by atoms with Crippen LogP contribution < -0.4 is 5.32 Å². The van der Waals surface area contributed by atoms with Crippen LogP contribution in [0.3, 0.4) is 0 Å². The molecule has 0 aliphatic carbocycles. The van der Waals surface area contributed by atoms with Crippen molar-refractivity contribution < 1.29 is 14.0 Å². The number of rotatable bonds is 2. The number of amides is 2. The third kappa shape index (κ3) is 3.53. The van der Waals surface area contributed by atoms with Crippen molar-refractivity contribution in [3.63, 3.8) is 0 Å². The van der Waals surface area contributed by atoms with E-state index in [2.05, 4.69) is 10.3 Å². The molecule has 2 aromatic rings. The summed E-state index contributed by atoms with van der Waals surface area (Å²) in [5.41, 5.74) is 0.115. The van der Waals surface area contributed by atoms with Crippen molar-refractivity contribution in [1.82, 2.24) is 10.3 Å². The first-order chi connectivity index (χ1) is 9.45. The lowest BCUT2D eigenvalue weighted by molar-refractivity contribution is 0.0849. The molecule has 0 aliphatic heterocycles. The highest BCUT2D eigenvalue weighted by Crippen LogP contribution is 2.14. The van der Waals surface area contributed by atoms with Crippen LogP contribution in [0.5, 0.6) is 0 Å². The summed E-state index contributed by atoms with van der Waals surface area (Å²) < 4.78 is 13.0. The first-order valence-corrected chi connectivity index (χ1v) is 6.15. The monoisotopic (exact) mass is 312 g/mol. The Labute approximate surface area is 123 Å². The lowest BCUT2D eigenvalue weighted by Crippen LogP contribution is -2.30. The van der Waals surface area contributed by atoms with Gasteiger partial charge in [0.05, 0.1) is 0 Å². The van der Waals surface area contributed by atoms with Gasteiger partial charge in [-0.05, 0) is 30.3 Å². The number of halogens is 3. The van der Waals surface area contributed by atoms with Crippen LogP contribution in [-0.2, 0) is 0 Å². The Morgan fingerprint density at radius 3 is 2.20 bits per heavy atom. The van der Waals surface area contributed by atoms with E-state index in [1.807, 2.05) is 0 Å². The lowest BCUT2D eigenvalue weighted by atomic mass is 10.2. The molecule has 0 unspecified atom stereocenters. The molecule has 0 aliphatic rings. The first kappa shape index (κ1) is 14.4. The maximum absolute atomic E-state index is 13.0. The van der Waals surface area contributed by atoms with E-state index in [1.165, 1.54) is 30.3 Å². The summed E-state index contributed by atoms with van der Waals surface area (Å²) in [5, 5.41) is 2.16. The molecule has 2 amide bonds. The van der Waals surface area contributed by atoms with E-state index in [-0.39, 0.29) is 21.4 Å². The normalized spacial score (nSPS) is 10.2. The Kier molecular flexibility index (Phi) is 4.32. The fourth-order valence-electron chi connectivity index (χ4n) is 1.47. The van der Waals surface area contributed by atoms with E-state index in [4.69, 9.17) is 23.2 Å². The van der Waals surface area contributed by atoms with Crippen molar-refractivity contribution >= 4 is 35.0 Å². The summed E-state index contributed by atoms with van der Waals surface area (Å²) in [5.74, 6) is -2.00. The number of benzene rings is 1. The number of carbonyl (C=O) groups is 2. The van der Waals surface area contributed by atoms with Gasteiger partial charge in [0.25, 0.3) is 11.8 Å². The number of imide groups is 1. The Morgan fingerprint density at radius 1 is 1.00 bits per heavy atom. The van der Waals surface area contributed by atoms with Crippen molar-refractivity contribution in [3.05, 3.63) is 63.6 Å². The molecule has 1 aromatic carbocycles. The van der Waals surface area contributed by atoms with Crippen LogP contribution in [0, 0.1) is 5.82 Å². The molecule has 4 nitrogen and oxygen atoms in total. The van der Waals surface area contributed by atoms with E-state index in [9.17, 15) is 14.0 Å². The van der Waals surface area contributed by atoms with E-state index in [1.54, 1.807) is 0 Å². The number of nitrogens with zero attached hydrogens (tertiary/aromatic N) is 1. The van der Waals surface area contributed by atoms with Crippen LogP contribution in [0.25, 0.3) is 0 Å². The molecule has 20 heavy (non-hydrogen) atoms. The van der Waals surface area contributed by atoms with Crippen LogP contribution in [-0.4, -0.2) is 16.8 Å². The minimum absolute atomic E-state index is 0.0286. The van der Waals surface area contributed by atoms with Crippen molar-refractivity contribution in [2.75, 3.05) is 0 Å². The van der Waals surface area contributed by atoms with Crippen LogP contribution in [0.15, 0.2) is 36.4 Å². The Balaban J connectivity index is 2.17. The topological polar surface area (TPSA) is 59.1 Å². The molecule has 0 fully saturated rings. The standard InChI is InChI=1S/C13H7Cl2FN2O2/c14-10-5-8(6-11(15)17-10)13(20)18-12(19)7-2-1-3-9(16)4-7/h1-6H,(H,18,19,20). The molecule has 0 saturated carbocycles. The zero-order valence-corrected chi connectivity index (χ0v) is 11.4. The van der Waals surface area contributed by atoms with Crippen LogP contribution in [0.2, 0.25) is 10.3 Å². The Hall–Kier alpha value is -1.98. The van der Waals surface area contributed by atoms with Gasteiger partial charge in [-0.3, -0.25) is 14.9 Å². The first-order valence-electron chi connectivity index (χ1n) is 5.40. The summed E-state index contributed by atoms with van der Waals surface area (Å²) in [6.07, 6.45) is 0. The third-order valence-corrected chi connectivity index (χ3v) is 2.73. The number of carbonyl (C=O) groups excluding carboxylic acids is 2. The Morgan fingerprint density at radius 2 is 1.60 bits per heavy atom. The van der Waals surface area contributed by atoms with E-state index in [0.29, 0.717) is 0 Å². The summed E-state index contributed by atoms with van der Waals surface area (Å²) in [4.78, 5) is 27.3. The van der Waals surface area contributed by atoms with Gasteiger partial charge in [-0.2, -0.15) is 0 Å². The van der Waals surface area contributed by atoms with Gasteiger partial charge in [-0.25, -0.2) is 9.37 Å². The second-order valence-electron chi connectivity index (χ2n) is 3.79. The van der Waals surface area contributed by atoms with Gasteiger partial charge in [0.15, 0.2) is 0 Å². The second-order valence-corrected chi connectivity index (χ2v) is 4.57. The smallest absolute Gasteiger partial charge is 0.258 e. The summed E-state index contributed by atoms with van der Waals surface area (Å²) in [7, 11) is 0. The van der Waals surface area contributed by atoms with E-state index >= 15 is 0 Å². The van der Waals surface area contributed by atoms with Crippen molar-refractivity contribution in [1.29, 1.82) is 0 Å². The minimum atomic E-state index is -0.724. The third-order valence-electron chi connectivity index (χ3n) is 2.34. The van der Waals surface area contributed by atoms with Gasteiger partial charge in [0.2, 0.25) is 0 Å². The van der Waals surface area contributed by atoms with Gasteiger partial charge in [-0.1, -0.05) is 29.3 Å². The molecule has 1 aromatic heterocycles. The number of aromatic nitrogens is 1. The maximum Gasteiger partial charge on any atom is 0.258 e. The van der Waals surface area contributed by atoms with Crippen molar-refractivity contribution in [3.8, 4) is 0 Å². The second kappa shape index (κ2) is 5.98. The predicted octanol–water partition coefficient (Wildman–Crippen LogP) is 3.10. The maximum atomic E-state index is 13.0. The fourth-order valence-corrected chi connectivity index (χ4v) is 1.93. The number of hydrogen-bond donors (Lipinski definition) is 1. The average molecular weight is 313 g/mol. The molecule has 1 N–H and O–H groups in total. The number of hydrogen-bond acceptors (Lipinski definition) is 3. The van der Waals surface area contributed by atoms with Crippen molar-refractivity contribution in [2.24, 2.45) is 0 Å². The quantitative estimate of drug-likeness (QED) is 0.684. The van der Waals surface area contributed by atoms with Gasteiger partial charge < -0.3 is 0 Å².